The molecule has 1 rings (SSSR count). The van der Waals surface area contributed by atoms with Gasteiger partial charge in [-0.3, -0.25) is 9.78 Å². The Morgan fingerprint density at radius 1 is 1.41 bits per heavy atom. The van der Waals surface area contributed by atoms with Crippen molar-refractivity contribution in [3.05, 3.63) is 18.1 Å². The monoisotopic (exact) mass is 236 g/mol. The third-order valence-electron chi connectivity index (χ3n) is 2.92. The summed E-state index contributed by atoms with van der Waals surface area (Å²) in [5, 5.41) is 2.87. The fraction of sp³-hybridized carbons (Fsp3) is 0.583. The van der Waals surface area contributed by atoms with Crippen molar-refractivity contribution in [2.75, 3.05) is 19.4 Å². The minimum Gasteiger partial charge on any atom is -0.372 e. The van der Waals surface area contributed by atoms with Crippen LogP contribution in [0.15, 0.2) is 12.4 Å². The van der Waals surface area contributed by atoms with Gasteiger partial charge in [-0.25, -0.2) is 4.98 Å². The Bertz CT molecular complexity index is 377. The predicted molar refractivity (Wildman–Crippen MR) is 68.0 cm³/mol. The normalized spacial score (nSPS) is 10.4. The van der Waals surface area contributed by atoms with E-state index >= 15 is 0 Å². The average molecular weight is 236 g/mol. The molecule has 0 unspecified atom stereocenters. The van der Waals surface area contributed by atoms with Gasteiger partial charge in [0.1, 0.15) is 11.5 Å². The molecule has 0 aliphatic rings. The van der Waals surface area contributed by atoms with Crippen LogP contribution in [0.1, 0.15) is 37.2 Å². The fourth-order valence-corrected chi connectivity index (χ4v) is 1.77. The average Bonchev–Trinajstić information content (AvgIpc) is 2.39. The molecule has 1 amide bonds. The van der Waals surface area contributed by atoms with Crippen LogP contribution >= 0.6 is 0 Å². The third-order valence-corrected chi connectivity index (χ3v) is 2.92. The van der Waals surface area contributed by atoms with E-state index in [0.29, 0.717) is 11.5 Å². The zero-order valence-corrected chi connectivity index (χ0v) is 10.9. The van der Waals surface area contributed by atoms with Gasteiger partial charge >= 0.3 is 0 Å². The quantitative estimate of drug-likeness (QED) is 0.846. The molecule has 0 radical (unpaired) electrons. The van der Waals surface area contributed by atoms with Crippen molar-refractivity contribution >= 4 is 11.7 Å². The maximum Gasteiger partial charge on any atom is 0.274 e. The van der Waals surface area contributed by atoms with Gasteiger partial charge in [0.05, 0.1) is 12.4 Å². The van der Waals surface area contributed by atoms with E-state index in [-0.39, 0.29) is 11.9 Å². The van der Waals surface area contributed by atoms with Crippen LogP contribution in [0.2, 0.25) is 0 Å². The SMILES string of the molecule is CCC(CC)N(C)C(=O)c1cncc(NC)n1. The number of carbonyl (C=O) groups is 1. The van der Waals surface area contributed by atoms with Crippen LogP contribution in [0, 0.1) is 0 Å². The predicted octanol–water partition coefficient (Wildman–Crippen LogP) is 1.78. The number of carbonyl (C=O) groups excluding carboxylic acids is 1. The molecule has 1 aromatic rings. The van der Waals surface area contributed by atoms with Gasteiger partial charge in [0.25, 0.3) is 5.91 Å². The van der Waals surface area contributed by atoms with Crippen LogP contribution in [0.4, 0.5) is 5.82 Å². The minimum atomic E-state index is -0.0803. The first-order valence-corrected chi connectivity index (χ1v) is 5.90. The van der Waals surface area contributed by atoms with E-state index in [4.69, 9.17) is 0 Å². The van der Waals surface area contributed by atoms with E-state index in [1.807, 2.05) is 7.05 Å². The van der Waals surface area contributed by atoms with Crippen molar-refractivity contribution < 1.29 is 4.79 Å². The number of nitrogens with one attached hydrogen (secondary N) is 1. The fourth-order valence-electron chi connectivity index (χ4n) is 1.77. The molecule has 5 nitrogen and oxygen atoms in total. The molecule has 0 aliphatic heterocycles. The summed E-state index contributed by atoms with van der Waals surface area (Å²) < 4.78 is 0. The van der Waals surface area contributed by atoms with Crippen molar-refractivity contribution in [1.82, 2.24) is 14.9 Å². The van der Waals surface area contributed by atoms with Crippen LogP contribution in [0.5, 0.6) is 0 Å². The van der Waals surface area contributed by atoms with Crippen molar-refractivity contribution in [3.8, 4) is 0 Å². The molecule has 0 atom stereocenters. The molecule has 1 aromatic heterocycles. The lowest BCUT2D eigenvalue weighted by Crippen LogP contribution is -2.36. The Kier molecular flexibility index (Phi) is 4.87. The van der Waals surface area contributed by atoms with Crippen LogP contribution in [-0.2, 0) is 0 Å². The summed E-state index contributed by atoms with van der Waals surface area (Å²) in [4.78, 5) is 22.1. The molecule has 0 saturated carbocycles. The third kappa shape index (κ3) is 3.15. The molecule has 0 aromatic carbocycles. The van der Waals surface area contributed by atoms with Gasteiger partial charge < -0.3 is 10.2 Å². The van der Waals surface area contributed by atoms with Crippen LogP contribution in [0.3, 0.4) is 0 Å². The Balaban J connectivity index is 2.87. The summed E-state index contributed by atoms with van der Waals surface area (Å²) in [6, 6.07) is 0.252. The summed E-state index contributed by atoms with van der Waals surface area (Å²) in [7, 11) is 3.57. The van der Waals surface area contributed by atoms with E-state index in [0.717, 1.165) is 12.8 Å². The summed E-state index contributed by atoms with van der Waals surface area (Å²) in [5.41, 5.74) is 0.381. The molecule has 1 N–H and O–H groups in total. The molecule has 94 valence electrons. The van der Waals surface area contributed by atoms with E-state index in [9.17, 15) is 4.79 Å². The van der Waals surface area contributed by atoms with Crippen molar-refractivity contribution in [1.29, 1.82) is 0 Å². The van der Waals surface area contributed by atoms with E-state index in [2.05, 4.69) is 29.1 Å². The molecule has 0 spiro atoms. The topological polar surface area (TPSA) is 58.1 Å². The number of aromatic nitrogens is 2. The molecule has 0 aliphatic carbocycles. The Labute approximate surface area is 102 Å². The molecule has 5 heteroatoms. The van der Waals surface area contributed by atoms with Gasteiger partial charge in [-0.05, 0) is 12.8 Å². The number of rotatable bonds is 5. The first-order valence-electron chi connectivity index (χ1n) is 5.90. The Morgan fingerprint density at radius 3 is 2.59 bits per heavy atom. The van der Waals surface area contributed by atoms with Crippen molar-refractivity contribution in [3.63, 3.8) is 0 Å². The second-order valence-corrected chi connectivity index (χ2v) is 3.93. The molecule has 0 fully saturated rings. The minimum absolute atomic E-state index is 0.0803. The first-order chi connectivity index (χ1) is 8.13. The maximum atomic E-state index is 12.2. The zero-order chi connectivity index (χ0) is 12.8. The molecular formula is C12H20N4O. The number of amides is 1. The summed E-state index contributed by atoms with van der Waals surface area (Å²) in [6.45, 7) is 4.15. The van der Waals surface area contributed by atoms with Gasteiger partial charge in [-0.2, -0.15) is 0 Å². The van der Waals surface area contributed by atoms with Gasteiger partial charge in [0, 0.05) is 20.1 Å². The van der Waals surface area contributed by atoms with E-state index in [1.165, 1.54) is 6.20 Å². The smallest absolute Gasteiger partial charge is 0.274 e. The maximum absolute atomic E-state index is 12.2. The van der Waals surface area contributed by atoms with Crippen molar-refractivity contribution in [2.45, 2.75) is 32.7 Å². The summed E-state index contributed by atoms with van der Waals surface area (Å²) in [6.07, 6.45) is 4.98. The highest BCUT2D eigenvalue weighted by Crippen LogP contribution is 2.10. The van der Waals surface area contributed by atoms with Gasteiger partial charge in [-0.1, -0.05) is 13.8 Å². The largest absolute Gasteiger partial charge is 0.372 e. The lowest BCUT2D eigenvalue weighted by atomic mass is 10.1. The van der Waals surface area contributed by atoms with E-state index in [1.54, 1.807) is 18.1 Å². The molecular weight excluding hydrogens is 216 g/mol. The number of anilines is 1. The second-order valence-electron chi connectivity index (χ2n) is 3.93. The Hall–Kier alpha value is -1.65. The highest BCUT2D eigenvalue weighted by molar-refractivity contribution is 5.92. The molecule has 1 heterocycles. The number of nitrogens with zero attached hydrogens (tertiary/aromatic N) is 3. The van der Waals surface area contributed by atoms with E-state index < -0.39 is 0 Å². The standard InChI is InChI=1S/C12H20N4O/c1-5-9(6-2)16(4)12(17)10-7-14-8-11(13-3)15-10/h7-9H,5-6H2,1-4H3,(H,13,15). The lowest BCUT2D eigenvalue weighted by Gasteiger charge is -2.25. The van der Waals surface area contributed by atoms with Gasteiger partial charge in [0.15, 0.2) is 0 Å². The highest BCUT2D eigenvalue weighted by Gasteiger charge is 2.19. The molecule has 0 bridgehead atoms. The van der Waals surface area contributed by atoms with Crippen LogP contribution < -0.4 is 5.32 Å². The Morgan fingerprint density at radius 2 is 2.06 bits per heavy atom. The second kappa shape index (κ2) is 6.18. The molecule has 17 heavy (non-hydrogen) atoms. The van der Waals surface area contributed by atoms with Crippen LogP contribution in [-0.4, -0.2) is 40.9 Å². The lowest BCUT2D eigenvalue weighted by molar-refractivity contribution is 0.0717. The van der Waals surface area contributed by atoms with Crippen LogP contribution in [0.25, 0.3) is 0 Å². The van der Waals surface area contributed by atoms with Crippen molar-refractivity contribution in [2.24, 2.45) is 0 Å². The highest BCUT2D eigenvalue weighted by atomic mass is 16.2. The molecule has 0 saturated heterocycles. The zero-order valence-electron chi connectivity index (χ0n) is 10.9. The van der Waals surface area contributed by atoms with Gasteiger partial charge in [-0.15, -0.1) is 0 Å². The van der Waals surface area contributed by atoms with Gasteiger partial charge in [0.2, 0.25) is 0 Å². The number of hydrogen-bond donors (Lipinski definition) is 1. The number of hydrogen-bond acceptors (Lipinski definition) is 4. The summed E-state index contributed by atoms with van der Waals surface area (Å²) in [5.74, 6) is 0.525. The first kappa shape index (κ1) is 13.4. The summed E-state index contributed by atoms with van der Waals surface area (Å²) >= 11 is 0.